The van der Waals surface area contributed by atoms with Crippen LogP contribution in [0.1, 0.15) is 45.1 Å². The van der Waals surface area contributed by atoms with Crippen molar-refractivity contribution in [1.29, 1.82) is 0 Å². The van der Waals surface area contributed by atoms with Gasteiger partial charge in [-0.05, 0) is 49.4 Å². The molecule has 1 fully saturated rings. The summed E-state index contributed by atoms with van der Waals surface area (Å²) in [6, 6.07) is 4.59. The molecule has 0 aliphatic heterocycles. The highest BCUT2D eigenvalue weighted by molar-refractivity contribution is 9.10. The lowest BCUT2D eigenvalue weighted by Gasteiger charge is -2.43. The Morgan fingerprint density at radius 3 is 2.95 bits per heavy atom. The SMILES string of the molecule is CCOC1(C(O)Cc2cc(F)ccc2Br)CCCC(C)C1. The Labute approximate surface area is 134 Å². The van der Waals surface area contributed by atoms with Gasteiger partial charge in [-0.15, -0.1) is 0 Å². The Kier molecular flexibility index (Phi) is 5.81. The molecular weight excluding hydrogens is 335 g/mol. The second-order valence-corrected chi connectivity index (χ2v) is 7.01. The van der Waals surface area contributed by atoms with E-state index in [2.05, 4.69) is 22.9 Å². The number of hydrogen-bond acceptors (Lipinski definition) is 2. The van der Waals surface area contributed by atoms with E-state index in [1.54, 1.807) is 6.07 Å². The summed E-state index contributed by atoms with van der Waals surface area (Å²) in [7, 11) is 0. The number of benzene rings is 1. The number of aliphatic hydroxyl groups is 1. The van der Waals surface area contributed by atoms with Gasteiger partial charge in [-0.25, -0.2) is 4.39 Å². The average molecular weight is 359 g/mol. The second-order valence-electron chi connectivity index (χ2n) is 6.15. The van der Waals surface area contributed by atoms with Crippen LogP contribution >= 0.6 is 15.9 Å². The van der Waals surface area contributed by atoms with E-state index >= 15 is 0 Å². The maximum Gasteiger partial charge on any atom is 0.123 e. The molecule has 1 N–H and O–H groups in total. The van der Waals surface area contributed by atoms with Crippen molar-refractivity contribution in [2.75, 3.05) is 6.61 Å². The Balaban J connectivity index is 2.18. The average Bonchev–Trinajstić information content (AvgIpc) is 2.43. The van der Waals surface area contributed by atoms with E-state index in [4.69, 9.17) is 4.74 Å². The number of hydrogen-bond donors (Lipinski definition) is 1. The monoisotopic (exact) mass is 358 g/mol. The molecule has 118 valence electrons. The van der Waals surface area contributed by atoms with Crippen molar-refractivity contribution in [2.45, 2.75) is 57.7 Å². The molecule has 0 spiro atoms. The van der Waals surface area contributed by atoms with Crippen LogP contribution in [0.5, 0.6) is 0 Å². The zero-order valence-corrected chi connectivity index (χ0v) is 14.3. The summed E-state index contributed by atoms with van der Waals surface area (Å²) in [4.78, 5) is 0. The molecular formula is C17H24BrFO2. The van der Waals surface area contributed by atoms with E-state index in [1.807, 2.05) is 6.92 Å². The van der Waals surface area contributed by atoms with Crippen LogP contribution in [-0.4, -0.2) is 23.4 Å². The topological polar surface area (TPSA) is 29.5 Å². The predicted molar refractivity (Wildman–Crippen MR) is 85.8 cm³/mol. The predicted octanol–water partition coefficient (Wildman–Crippen LogP) is 4.48. The van der Waals surface area contributed by atoms with E-state index in [-0.39, 0.29) is 5.82 Å². The highest BCUT2D eigenvalue weighted by Gasteiger charge is 2.42. The van der Waals surface area contributed by atoms with Gasteiger partial charge in [0.25, 0.3) is 0 Å². The van der Waals surface area contributed by atoms with Crippen molar-refractivity contribution in [1.82, 2.24) is 0 Å². The van der Waals surface area contributed by atoms with Crippen molar-refractivity contribution < 1.29 is 14.2 Å². The lowest BCUT2D eigenvalue weighted by molar-refractivity contribution is -0.147. The molecule has 2 rings (SSSR count). The van der Waals surface area contributed by atoms with Crippen molar-refractivity contribution in [3.05, 3.63) is 34.1 Å². The van der Waals surface area contributed by atoms with Gasteiger partial charge in [-0.3, -0.25) is 0 Å². The molecule has 0 radical (unpaired) electrons. The maximum atomic E-state index is 13.4. The third-order valence-electron chi connectivity index (χ3n) is 4.45. The van der Waals surface area contributed by atoms with Crippen LogP contribution in [0.4, 0.5) is 4.39 Å². The van der Waals surface area contributed by atoms with Gasteiger partial charge < -0.3 is 9.84 Å². The van der Waals surface area contributed by atoms with Crippen molar-refractivity contribution >= 4 is 15.9 Å². The van der Waals surface area contributed by atoms with Crippen LogP contribution in [0.15, 0.2) is 22.7 Å². The zero-order chi connectivity index (χ0) is 15.5. The van der Waals surface area contributed by atoms with Gasteiger partial charge in [0, 0.05) is 17.5 Å². The van der Waals surface area contributed by atoms with Crippen molar-refractivity contribution in [3.63, 3.8) is 0 Å². The first kappa shape index (κ1) is 16.9. The zero-order valence-electron chi connectivity index (χ0n) is 12.7. The molecule has 1 aliphatic carbocycles. The van der Waals surface area contributed by atoms with Gasteiger partial charge in [0.2, 0.25) is 0 Å². The number of rotatable bonds is 5. The molecule has 0 saturated heterocycles. The molecule has 1 aromatic carbocycles. The third-order valence-corrected chi connectivity index (χ3v) is 5.22. The molecule has 21 heavy (non-hydrogen) atoms. The summed E-state index contributed by atoms with van der Waals surface area (Å²) >= 11 is 3.43. The molecule has 0 heterocycles. The Hall–Kier alpha value is -0.450. The quantitative estimate of drug-likeness (QED) is 0.840. The lowest BCUT2D eigenvalue weighted by Crippen LogP contribution is -2.49. The highest BCUT2D eigenvalue weighted by atomic mass is 79.9. The van der Waals surface area contributed by atoms with E-state index in [0.29, 0.717) is 18.9 Å². The normalized spacial score (nSPS) is 27.6. The minimum atomic E-state index is -0.613. The smallest absolute Gasteiger partial charge is 0.123 e. The summed E-state index contributed by atoms with van der Waals surface area (Å²) in [5.41, 5.74) is 0.304. The number of ether oxygens (including phenoxy) is 1. The number of aliphatic hydroxyl groups excluding tert-OH is 1. The fourth-order valence-corrected chi connectivity index (χ4v) is 3.86. The minimum Gasteiger partial charge on any atom is -0.390 e. The van der Waals surface area contributed by atoms with Crippen molar-refractivity contribution in [3.8, 4) is 0 Å². The van der Waals surface area contributed by atoms with E-state index in [0.717, 1.165) is 29.3 Å². The van der Waals surface area contributed by atoms with Gasteiger partial charge in [0.05, 0.1) is 11.7 Å². The van der Waals surface area contributed by atoms with Gasteiger partial charge in [0.1, 0.15) is 5.82 Å². The first-order valence-electron chi connectivity index (χ1n) is 7.73. The molecule has 1 aliphatic rings. The van der Waals surface area contributed by atoms with Gasteiger partial charge in [0.15, 0.2) is 0 Å². The maximum absolute atomic E-state index is 13.4. The van der Waals surface area contributed by atoms with Crippen LogP contribution in [0.25, 0.3) is 0 Å². The number of halogens is 2. The van der Waals surface area contributed by atoms with Crippen LogP contribution in [0, 0.1) is 11.7 Å². The fraction of sp³-hybridized carbons (Fsp3) is 0.647. The third kappa shape index (κ3) is 4.05. The molecule has 4 heteroatoms. The molecule has 0 aromatic heterocycles. The van der Waals surface area contributed by atoms with Gasteiger partial charge in [-0.2, -0.15) is 0 Å². The van der Waals surface area contributed by atoms with Crippen molar-refractivity contribution in [2.24, 2.45) is 5.92 Å². The molecule has 1 saturated carbocycles. The molecule has 3 atom stereocenters. The summed E-state index contributed by atoms with van der Waals surface area (Å²) in [6.45, 7) is 4.76. The summed E-state index contributed by atoms with van der Waals surface area (Å²) in [5.74, 6) is 0.277. The standard InChI is InChI=1S/C17H24BrFO2/c1-3-21-17(8-4-5-12(2)11-17)16(20)10-13-9-14(19)6-7-15(13)18/h6-7,9,12,16,20H,3-5,8,10-11H2,1-2H3. The first-order valence-corrected chi connectivity index (χ1v) is 8.52. The molecule has 0 amide bonds. The van der Waals surface area contributed by atoms with Crippen LogP contribution in [0.3, 0.4) is 0 Å². The Morgan fingerprint density at radius 1 is 1.52 bits per heavy atom. The molecule has 3 unspecified atom stereocenters. The van der Waals surface area contributed by atoms with Gasteiger partial charge >= 0.3 is 0 Å². The van der Waals surface area contributed by atoms with Gasteiger partial charge in [-0.1, -0.05) is 35.7 Å². The Bertz CT molecular complexity index is 476. The Morgan fingerprint density at radius 2 is 2.29 bits per heavy atom. The molecule has 2 nitrogen and oxygen atoms in total. The molecule has 0 bridgehead atoms. The van der Waals surface area contributed by atoms with E-state index < -0.39 is 11.7 Å². The first-order chi connectivity index (χ1) is 9.97. The van der Waals surface area contributed by atoms with E-state index in [9.17, 15) is 9.50 Å². The van der Waals surface area contributed by atoms with Crippen LogP contribution < -0.4 is 0 Å². The van der Waals surface area contributed by atoms with E-state index in [1.165, 1.54) is 18.6 Å². The minimum absolute atomic E-state index is 0.275. The second kappa shape index (κ2) is 7.21. The summed E-state index contributed by atoms with van der Waals surface area (Å²) < 4.78 is 20.2. The van der Waals surface area contributed by atoms with Crippen LogP contribution in [0.2, 0.25) is 0 Å². The molecule has 1 aromatic rings. The summed E-state index contributed by atoms with van der Waals surface area (Å²) in [5, 5.41) is 10.8. The largest absolute Gasteiger partial charge is 0.390 e. The lowest BCUT2D eigenvalue weighted by atomic mass is 9.74. The highest BCUT2D eigenvalue weighted by Crippen LogP contribution is 2.39. The van der Waals surface area contributed by atoms with Crippen LogP contribution in [-0.2, 0) is 11.2 Å². The summed E-state index contributed by atoms with van der Waals surface area (Å²) in [6.07, 6.45) is 3.80. The fourth-order valence-electron chi connectivity index (χ4n) is 3.46.